The molecule has 2 aromatic rings. The Kier molecular flexibility index (Phi) is 5.77. The van der Waals surface area contributed by atoms with Gasteiger partial charge >= 0.3 is 0 Å². The maximum atomic E-state index is 11.6. The summed E-state index contributed by atoms with van der Waals surface area (Å²) in [6.07, 6.45) is 0.253. The van der Waals surface area contributed by atoms with Gasteiger partial charge in [0, 0.05) is 6.54 Å². The molecular formula is C15H18N2O7S. The van der Waals surface area contributed by atoms with Crippen LogP contribution >= 0.6 is 0 Å². The van der Waals surface area contributed by atoms with Crippen molar-refractivity contribution >= 4 is 15.7 Å². The van der Waals surface area contributed by atoms with E-state index in [-0.39, 0.29) is 41.7 Å². The van der Waals surface area contributed by atoms with Gasteiger partial charge in [-0.15, -0.1) is 0 Å². The minimum absolute atomic E-state index is 0.00221. The van der Waals surface area contributed by atoms with Gasteiger partial charge < -0.3 is 19.9 Å². The molecule has 25 heavy (non-hydrogen) atoms. The van der Waals surface area contributed by atoms with Crippen molar-refractivity contribution in [3.8, 4) is 11.5 Å². The second-order valence-corrected chi connectivity index (χ2v) is 6.56. The van der Waals surface area contributed by atoms with Crippen LogP contribution in [0.2, 0.25) is 0 Å². The predicted molar refractivity (Wildman–Crippen MR) is 90.2 cm³/mol. The van der Waals surface area contributed by atoms with E-state index in [9.17, 15) is 18.0 Å². The van der Waals surface area contributed by atoms with Gasteiger partial charge in [-0.05, 0) is 25.0 Å². The second-order valence-electron chi connectivity index (χ2n) is 5.04. The SMILES string of the molecule is CCOc1c(NCCc2cccc(S(N)(=O)=O)c2OCO)c(=O)c1=O. The fourth-order valence-electron chi connectivity index (χ4n) is 2.35. The molecule has 2 rings (SSSR count). The molecule has 0 bridgehead atoms. The highest BCUT2D eigenvalue weighted by molar-refractivity contribution is 7.89. The summed E-state index contributed by atoms with van der Waals surface area (Å²) in [6, 6.07) is 4.36. The zero-order chi connectivity index (χ0) is 18.6. The number of nitrogens with two attached hydrogens (primary N) is 1. The highest BCUT2D eigenvalue weighted by atomic mass is 32.2. The smallest absolute Gasteiger partial charge is 0.272 e. The Balaban J connectivity index is 2.18. The van der Waals surface area contributed by atoms with Crippen molar-refractivity contribution in [1.82, 2.24) is 0 Å². The molecule has 10 heteroatoms. The van der Waals surface area contributed by atoms with Gasteiger partial charge in [-0.2, -0.15) is 0 Å². The average Bonchev–Trinajstić information content (AvgIpc) is 2.57. The lowest BCUT2D eigenvalue weighted by molar-refractivity contribution is 0.0947. The van der Waals surface area contributed by atoms with E-state index in [0.29, 0.717) is 5.56 Å². The molecule has 2 aromatic carbocycles. The molecular weight excluding hydrogens is 352 g/mol. The summed E-state index contributed by atoms with van der Waals surface area (Å²) >= 11 is 0. The van der Waals surface area contributed by atoms with Crippen LogP contribution in [0.3, 0.4) is 0 Å². The van der Waals surface area contributed by atoms with Gasteiger partial charge in [-0.25, -0.2) is 13.6 Å². The number of anilines is 1. The summed E-state index contributed by atoms with van der Waals surface area (Å²) in [5, 5.41) is 16.9. The first-order valence-corrected chi connectivity index (χ1v) is 8.94. The predicted octanol–water partition coefficient (Wildman–Crippen LogP) is -0.688. The third kappa shape index (κ3) is 3.98. The first-order valence-electron chi connectivity index (χ1n) is 7.39. The van der Waals surface area contributed by atoms with Crippen LogP contribution in [-0.2, 0) is 16.4 Å². The maximum Gasteiger partial charge on any atom is 0.272 e. The lowest BCUT2D eigenvalue weighted by atomic mass is 10.1. The number of primary sulfonamides is 1. The topological polar surface area (TPSA) is 145 Å². The van der Waals surface area contributed by atoms with Gasteiger partial charge in [-0.3, -0.25) is 9.59 Å². The molecule has 0 aliphatic carbocycles. The monoisotopic (exact) mass is 370 g/mol. The number of sulfonamides is 1. The number of nitrogens with one attached hydrogen (secondary N) is 1. The summed E-state index contributed by atoms with van der Waals surface area (Å²) in [4.78, 5) is 22.7. The van der Waals surface area contributed by atoms with E-state index < -0.39 is 27.7 Å². The Bertz CT molecular complexity index is 930. The number of aliphatic hydroxyl groups is 1. The van der Waals surface area contributed by atoms with E-state index in [2.05, 4.69) is 5.32 Å². The number of aliphatic hydroxyl groups excluding tert-OH is 1. The normalized spacial score (nSPS) is 11.5. The summed E-state index contributed by atoms with van der Waals surface area (Å²) in [5.74, 6) is -0.0538. The van der Waals surface area contributed by atoms with Crippen molar-refractivity contribution in [2.45, 2.75) is 18.2 Å². The van der Waals surface area contributed by atoms with Crippen LogP contribution in [0, 0.1) is 0 Å². The van der Waals surface area contributed by atoms with Crippen LogP contribution in [0.5, 0.6) is 11.5 Å². The molecule has 0 atom stereocenters. The molecule has 9 nitrogen and oxygen atoms in total. The number of rotatable bonds is 9. The lowest BCUT2D eigenvalue weighted by Gasteiger charge is -2.15. The first-order chi connectivity index (χ1) is 11.8. The molecule has 0 saturated carbocycles. The highest BCUT2D eigenvalue weighted by Gasteiger charge is 2.22. The summed E-state index contributed by atoms with van der Waals surface area (Å²) in [7, 11) is -4.03. The Morgan fingerprint density at radius 2 is 1.88 bits per heavy atom. The van der Waals surface area contributed by atoms with E-state index in [4.69, 9.17) is 19.7 Å². The van der Waals surface area contributed by atoms with Crippen LogP contribution in [0.4, 0.5) is 5.69 Å². The second kappa shape index (κ2) is 7.64. The van der Waals surface area contributed by atoms with Gasteiger partial charge in [0.25, 0.3) is 10.9 Å². The zero-order valence-corrected chi connectivity index (χ0v) is 14.3. The van der Waals surface area contributed by atoms with Gasteiger partial charge in [0.2, 0.25) is 10.0 Å². The Morgan fingerprint density at radius 3 is 2.48 bits per heavy atom. The molecule has 0 aliphatic heterocycles. The van der Waals surface area contributed by atoms with Crippen LogP contribution in [0.25, 0.3) is 0 Å². The minimum atomic E-state index is -4.03. The molecule has 136 valence electrons. The fraction of sp³-hybridized carbons (Fsp3) is 0.333. The van der Waals surface area contributed by atoms with E-state index in [1.807, 2.05) is 0 Å². The van der Waals surface area contributed by atoms with Crippen LogP contribution in [-0.4, -0.2) is 33.5 Å². The van der Waals surface area contributed by atoms with E-state index in [1.54, 1.807) is 13.0 Å². The quantitative estimate of drug-likeness (QED) is 0.388. The summed E-state index contributed by atoms with van der Waals surface area (Å²) in [6.45, 7) is 1.43. The lowest BCUT2D eigenvalue weighted by Crippen LogP contribution is -2.36. The third-order valence-corrected chi connectivity index (χ3v) is 4.36. The average molecular weight is 370 g/mol. The third-order valence-electron chi connectivity index (χ3n) is 3.43. The molecule has 0 aliphatic rings. The molecule has 0 saturated heterocycles. The van der Waals surface area contributed by atoms with Gasteiger partial charge in [0.1, 0.15) is 16.3 Å². The molecule has 0 unspecified atom stereocenters. The van der Waals surface area contributed by atoms with Gasteiger partial charge in [0.05, 0.1) is 6.61 Å². The molecule has 4 N–H and O–H groups in total. The number of ether oxygens (including phenoxy) is 2. The standard InChI is InChI=1S/C15H18N2O7S/c1-2-23-15-11(12(19)13(15)20)17-7-6-9-4-3-5-10(25(16,21)22)14(9)24-8-18/h3-5,17-18H,2,6-8H2,1H3,(H2,16,21,22). The summed E-state index contributed by atoms with van der Waals surface area (Å²) < 4.78 is 33.3. The number of benzene rings is 1. The van der Waals surface area contributed by atoms with Crippen LogP contribution in [0.15, 0.2) is 32.7 Å². The van der Waals surface area contributed by atoms with E-state index >= 15 is 0 Å². The van der Waals surface area contributed by atoms with Crippen molar-refractivity contribution in [2.75, 3.05) is 25.3 Å². The number of hydrogen-bond donors (Lipinski definition) is 3. The molecule has 0 radical (unpaired) electrons. The van der Waals surface area contributed by atoms with Crippen molar-refractivity contribution in [3.05, 3.63) is 44.2 Å². The van der Waals surface area contributed by atoms with E-state index in [0.717, 1.165) is 0 Å². The highest BCUT2D eigenvalue weighted by Crippen LogP contribution is 2.28. The number of hydrogen-bond acceptors (Lipinski definition) is 8. The van der Waals surface area contributed by atoms with E-state index in [1.165, 1.54) is 12.1 Å². The first kappa shape index (κ1) is 18.9. The van der Waals surface area contributed by atoms with Crippen molar-refractivity contribution in [2.24, 2.45) is 5.14 Å². The van der Waals surface area contributed by atoms with Crippen molar-refractivity contribution in [1.29, 1.82) is 0 Å². The van der Waals surface area contributed by atoms with Gasteiger partial charge in [-0.1, -0.05) is 12.1 Å². The van der Waals surface area contributed by atoms with Gasteiger partial charge in [0.15, 0.2) is 12.5 Å². The van der Waals surface area contributed by atoms with Crippen LogP contribution in [0.1, 0.15) is 12.5 Å². The molecule has 0 heterocycles. The Labute approximate surface area is 143 Å². The van der Waals surface area contributed by atoms with Crippen molar-refractivity contribution in [3.63, 3.8) is 0 Å². The molecule has 0 fully saturated rings. The number of para-hydroxylation sites is 1. The molecule has 0 amide bonds. The fourth-order valence-corrected chi connectivity index (χ4v) is 3.06. The van der Waals surface area contributed by atoms with Crippen molar-refractivity contribution < 1.29 is 23.0 Å². The minimum Gasteiger partial charge on any atom is -0.488 e. The molecule has 0 spiro atoms. The zero-order valence-electron chi connectivity index (χ0n) is 13.4. The Morgan fingerprint density at radius 1 is 1.16 bits per heavy atom. The maximum absolute atomic E-state index is 11.6. The largest absolute Gasteiger partial charge is 0.488 e. The Hall–Kier alpha value is -2.43. The van der Waals surface area contributed by atoms with Crippen LogP contribution < -0.4 is 30.8 Å². The molecule has 0 aromatic heterocycles. The summed E-state index contributed by atoms with van der Waals surface area (Å²) in [5.41, 5.74) is -0.776.